The first-order valence-electron chi connectivity index (χ1n) is 8.19. The molecule has 0 fully saturated rings. The molecule has 2 aromatic heterocycles. The van der Waals surface area contributed by atoms with Gasteiger partial charge in [0, 0.05) is 19.4 Å². The molecule has 0 saturated heterocycles. The summed E-state index contributed by atoms with van der Waals surface area (Å²) in [6, 6.07) is 9.91. The van der Waals surface area contributed by atoms with E-state index in [4.69, 9.17) is 0 Å². The van der Waals surface area contributed by atoms with Gasteiger partial charge in [0.2, 0.25) is 5.91 Å². The van der Waals surface area contributed by atoms with Crippen molar-refractivity contribution in [3.8, 4) is 0 Å². The van der Waals surface area contributed by atoms with E-state index >= 15 is 0 Å². The van der Waals surface area contributed by atoms with Gasteiger partial charge in [-0.05, 0) is 42.7 Å². The molecule has 0 aliphatic heterocycles. The zero-order valence-electron chi connectivity index (χ0n) is 14.3. The minimum Gasteiger partial charge on any atom is -0.342 e. The van der Waals surface area contributed by atoms with Crippen molar-refractivity contribution >= 4 is 16.9 Å². The van der Waals surface area contributed by atoms with Gasteiger partial charge >= 0.3 is 0 Å². The van der Waals surface area contributed by atoms with Crippen LogP contribution in [0, 0.1) is 6.92 Å². The third-order valence-electron chi connectivity index (χ3n) is 4.34. The SMILES string of the molecule is CC[C@H](c1cccnc1)N(C)C(=O)Cc1ccc2nc(C)[nH]c2c1. The molecule has 5 nitrogen and oxygen atoms in total. The Kier molecular flexibility index (Phi) is 4.60. The zero-order valence-corrected chi connectivity index (χ0v) is 14.3. The number of rotatable bonds is 5. The van der Waals surface area contributed by atoms with Crippen molar-refractivity contribution in [3.63, 3.8) is 0 Å². The van der Waals surface area contributed by atoms with E-state index in [9.17, 15) is 4.79 Å². The molecule has 1 amide bonds. The van der Waals surface area contributed by atoms with Crippen LogP contribution >= 0.6 is 0 Å². The van der Waals surface area contributed by atoms with E-state index in [2.05, 4.69) is 21.9 Å². The predicted molar refractivity (Wildman–Crippen MR) is 94.6 cm³/mol. The zero-order chi connectivity index (χ0) is 17.1. The molecule has 0 saturated carbocycles. The van der Waals surface area contributed by atoms with Gasteiger partial charge in [0.25, 0.3) is 0 Å². The number of amides is 1. The van der Waals surface area contributed by atoms with Gasteiger partial charge < -0.3 is 9.88 Å². The van der Waals surface area contributed by atoms with E-state index in [1.54, 1.807) is 6.20 Å². The highest BCUT2D eigenvalue weighted by Gasteiger charge is 2.20. The minimum absolute atomic E-state index is 0.0457. The number of aromatic nitrogens is 3. The molecule has 3 rings (SSSR count). The summed E-state index contributed by atoms with van der Waals surface area (Å²) in [5.74, 6) is 0.981. The lowest BCUT2D eigenvalue weighted by molar-refractivity contribution is -0.131. The van der Waals surface area contributed by atoms with E-state index < -0.39 is 0 Å². The second-order valence-electron chi connectivity index (χ2n) is 6.07. The normalized spacial score (nSPS) is 12.3. The van der Waals surface area contributed by atoms with Crippen LogP contribution in [0.2, 0.25) is 0 Å². The van der Waals surface area contributed by atoms with Gasteiger partial charge in [0.05, 0.1) is 23.5 Å². The number of H-pyrrole nitrogens is 1. The molecule has 3 aromatic rings. The molecule has 1 aromatic carbocycles. The molecule has 0 radical (unpaired) electrons. The lowest BCUT2D eigenvalue weighted by Gasteiger charge is -2.27. The molecule has 0 spiro atoms. The number of hydrogen-bond donors (Lipinski definition) is 1. The Morgan fingerprint density at radius 2 is 2.17 bits per heavy atom. The van der Waals surface area contributed by atoms with Crippen LogP contribution < -0.4 is 0 Å². The Morgan fingerprint density at radius 3 is 2.88 bits per heavy atom. The largest absolute Gasteiger partial charge is 0.342 e. The van der Waals surface area contributed by atoms with Crippen LogP contribution in [0.1, 0.15) is 36.3 Å². The maximum atomic E-state index is 12.7. The van der Waals surface area contributed by atoms with Gasteiger partial charge in [-0.15, -0.1) is 0 Å². The van der Waals surface area contributed by atoms with Crippen molar-refractivity contribution in [2.75, 3.05) is 7.05 Å². The smallest absolute Gasteiger partial charge is 0.227 e. The third kappa shape index (κ3) is 3.30. The molecule has 0 unspecified atom stereocenters. The van der Waals surface area contributed by atoms with E-state index in [1.807, 2.05) is 55.4 Å². The fraction of sp³-hybridized carbons (Fsp3) is 0.316. The fourth-order valence-corrected chi connectivity index (χ4v) is 3.07. The van der Waals surface area contributed by atoms with E-state index in [0.717, 1.165) is 34.4 Å². The van der Waals surface area contributed by atoms with Crippen molar-refractivity contribution in [2.24, 2.45) is 0 Å². The molecule has 1 atom stereocenters. The van der Waals surface area contributed by atoms with Crippen LogP contribution in [0.4, 0.5) is 0 Å². The number of nitrogens with one attached hydrogen (secondary N) is 1. The van der Waals surface area contributed by atoms with Crippen LogP contribution in [0.25, 0.3) is 11.0 Å². The van der Waals surface area contributed by atoms with E-state index in [-0.39, 0.29) is 11.9 Å². The number of aromatic amines is 1. The summed E-state index contributed by atoms with van der Waals surface area (Å²) in [5.41, 5.74) is 3.96. The highest BCUT2D eigenvalue weighted by molar-refractivity contribution is 5.82. The first kappa shape index (κ1) is 16.2. The fourth-order valence-electron chi connectivity index (χ4n) is 3.07. The number of pyridine rings is 1. The van der Waals surface area contributed by atoms with Gasteiger partial charge in [-0.1, -0.05) is 19.1 Å². The molecule has 1 N–H and O–H groups in total. The van der Waals surface area contributed by atoms with Crippen LogP contribution in [-0.4, -0.2) is 32.8 Å². The third-order valence-corrected chi connectivity index (χ3v) is 4.34. The number of fused-ring (bicyclic) bond motifs is 1. The first-order chi connectivity index (χ1) is 11.6. The minimum atomic E-state index is 0.0457. The molecule has 0 aliphatic rings. The topological polar surface area (TPSA) is 61.9 Å². The highest BCUT2D eigenvalue weighted by atomic mass is 16.2. The Bertz CT molecular complexity index is 841. The standard InChI is InChI=1S/C19H22N4O/c1-4-18(15-6-5-9-20-12-15)23(3)19(24)11-14-7-8-16-17(10-14)22-13(2)21-16/h5-10,12,18H,4,11H2,1-3H3,(H,21,22)/t18-/m1/s1. The summed E-state index contributed by atoms with van der Waals surface area (Å²) >= 11 is 0. The summed E-state index contributed by atoms with van der Waals surface area (Å²) in [6.07, 6.45) is 4.81. The molecule has 124 valence electrons. The van der Waals surface area contributed by atoms with Crippen LogP contribution in [-0.2, 0) is 11.2 Å². The molecular weight excluding hydrogens is 300 g/mol. The molecule has 24 heavy (non-hydrogen) atoms. The average Bonchev–Trinajstić information content (AvgIpc) is 2.95. The first-order valence-corrected chi connectivity index (χ1v) is 8.19. The Hall–Kier alpha value is -2.69. The number of carbonyl (C=O) groups is 1. The summed E-state index contributed by atoms with van der Waals surface area (Å²) in [6.45, 7) is 4.01. The number of carbonyl (C=O) groups excluding carboxylic acids is 1. The second kappa shape index (κ2) is 6.83. The molecule has 5 heteroatoms. The summed E-state index contributed by atoms with van der Waals surface area (Å²) in [5, 5.41) is 0. The molecular formula is C19H22N4O. The lowest BCUT2D eigenvalue weighted by Crippen LogP contribution is -2.32. The number of benzene rings is 1. The summed E-state index contributed by atoms with van der Waals surface area (Å²) in [7, 11) is 1.86. The van der Waals surface area contributed by atoms with Gasteiger partial charge in [0.15, 0.2) is 0 Å². The summed E-state index contributed by atoms with van der Waals surface area (Å²) < 4.78 is 0. The van der Waals surface area contributed by atoms with Crippen molar-refractivity contribution in [3.05, 3.63) is 59.7 Å². The average molecular weight is 322 g/mol. The number of nitrogens with zero attached hydrogens (tertiary/aromatic N) is 3. The van der Waals surface area contributed by atoms with Crippen molar-refractivity contribution in [1.82, 2.24) is 19.9 Å². The number of hydrogen-bond acceptors (Lipinski definition) is 3. The second-order valence-corrected chi connectivity index (χ2v) is 6.07. The van der Waals surface area contributed by atoms with E-state index in [1.165, 1.54) is 0 Å². The van der Waals surface area contributed by atoms with Crippen LogP contribution in [0.5, 0.6) is 0 Å². The molecule has 0 bridgehead atoms. The Balaban J connectivity index is 1.76. The van der Waals surface area contributed by atoms with Gasteiger partial charge in [0.1, 0.15) is 5.82 Å². The van der Waals surface area contributed by atoms with Crippen molar-refractivity contribution in [2.45, 2.75) is 32.7 Å². The summed E-state index contributed by atoms with van der Waals surface area (Å²) in [4.78, 5) is 26.3. The molecule has 2 heterocycles. The Labute approximate surface area is 141 Å². The van der Waals surface area contributed by atoms with E-state index in [0.29, 0.717) is 6.42 Å². The quantitative estimate of drug-likeness (QED) is 0.783. The molecule has 0 aliphatic carbocycles. The number of likely N-dealkylation sites (N-methyl/N-ethyl adjacent to an activating group) is 1. The lowest BCUT2D eigenvalue weighted by atomic mass is 10.0. The highest BCUT2D eigenvalue weighted by Crippen LogP contribution is 2.23. The van der Waals surface area contributed by atoms with Crippen LogP contribution in [0.3, 0.4) is 0 Å². The van der Waals surface area contributed by atoms with Gasteiger partial charge in [-0.2, -0.15) is 0 Å². The number of aryl methyl sites for hydroxylation is 1. The predicted octanol–water partition coefficient (Wildman–Crippen LogP) is 3.42. The van der Waals surface area contributed by atoms with Gasteiger partial charge in [-0.25, -0.2) is 4.98 Å². The number of imidazole rings is 1. The Morgan fingerprint density at radius 1 is 1.33 bits per heavy atom. The maximum Gasteiger partial charge on any atom is 0.227 e. The monoisotopic (exact) mass is 322 g/mol. The van der Waals surface area contributed by atoms with Crippen molar-refractivity contribution in [1.29, 1.82) is 0 Å². The van der Waals surface area contributed by atoms with Gasteiger partial charge in [-0.3, -0.25) is 9.78 Å². The van der Waals surface area contributed by atoms with Crippen LogP contribution in [0.15, 0.2) is 42.7 Å². The maximum absolute atomic E-state index is 12.7. The van der Waals surface area contributed by atoms with Crippen molar-refractivity contribution < 1.29 is 4.79 Å².